The molecule has 2 N–H and O–H groups in total. The Morgan fingerprint density at radius 3 is 2.61 bits per heavy atom. The number of aryl methyl sites for hydroxylation is 1. The summed E-state index contributed by atoms with van der Waals surface area (Å²) in [5, 5.41) is 19.9. The number of aromatic nitrogens is 1. The van der Waals surface area contributed by atoms with Crippen molar-refractivity contribution < 1.29 is 33.6 Å². The standard InChI is InChI=1S/C32H37FN2O6/c1-18-16-40-17-19(2)35(18)15-24-11-22(7-9-25(24)26-13-30(39-4)34-14-27(26)33)28-10-8-21-5-6-23(12-29(21)41-28)31(36)20(3)32(37)38/h5-7,9,11-14,18-20,28,31,36H,8,10,15-17H2,1-4H3,(H,37,38)/t18-,19?,20+,28?,31-/m1/s1. The van der Waals surface area contributed by atoms with Crippen LogP contribution in [-0.2, 0) is 22.5 Å². The predicted molar refractivity (Wildman–Crippen MR) is 151 cm³/mol. The van der Waals surface area contributed by atoms with Crippen LogP contribution in [0.25, 0.3) is 11.1 Å². The minimum absolute atomic E-state index is 0.197. The highest BCUT2D eigenvalue weighted by molar-refractivity contribution is 5.71. The summed E-state index contributed by atoms with van der Waals surface area (Å²) in [6.45, 7) is 7.62. The number of nitrogens with zero attached hydrogens (tertiary/aromatic N) is 2. The molecule has 2 aromatic carbocycles. The van der Waals surface area contributed by atoms with Crippen molar-refractivity contribution in [3.63, 3.8) is 0 Å². The number of carboxylic acid groups (broad SMARTS) is 1. The number of pyridine rings is 1. The molecular formula is C32H37FN2O6. The van der Waals surface area contributed by atoms with Crippen molar-refractivity contribution in [2.75, 3.05) is 20.3 Å². The van der Waals surface area contributed by atoms with Crippen LogP contribution >= 0.6 is 0 Å². The van der Waals surface area contributed by atoms with Gasteiger partial charge < -0.3 is 24.4 Å². The van der Waals surface area contributed by atoms with Crippen molar-refractivity contribution in [1.82, 2.24) is 9.88 Å². The third-order valence-corrected chi connectivity index (χ3v) is 8.27. The van der Waals surface area contributed by atoms with Gasteiger partial charge in [0.15, 0.2) is 0 Å². The molecule has 2 unspecified atom stereocenters. The van der Waals surface area contributed by atoms with Gasteiger partial charge in [0.05, 0.1) is 38.5 Å². The molecule has 1 aromatic heterocycles. The molecule has 0 bridgehead atoms. The lowest BCUT2D eigenvalue weighted by atomic mass is 9.90. The summed E-state index contributed by atoms with van der Waals surface area (Å²) >= 11 is 0. The monoisotopic (exact) mass is 564 g/mol. The van der Waals surface area contributed by atoms with Crippen molar-refractivity contribution >= 4 is 5.97 Å². The Labute approximate surface area is 239 Å². The van der Waals surface area contributed by atoms with E-state index in [9.17, 15) is 15.0 Å². The number of ether oxygens (including phenoxy) is 3. The minimum Gasteiger partial charge on any atom is -0.485 e. The summed E-state index contributed by atoms with van der Waals surface area (Å²) in [7, 11) is 1.51. The number of halogens is 1. The topological polar surface area (TPSA) is 101 Å². The van der Waals surface area contributed by atoms with Gasteiger partial charge in [-0.3, -0.25) is 9.69 Å². The molecule has 0 radical (unpaired) electrons. The molecule has 2 aliphatic rings. The number of hydrogen-bond donors (Lipinski definition) is 2. The first kappa shape index (κ1) is 29.0. The second-order valence-corrected chi connectivity index (χ2v) is 11.1. The Balaban J connectivity index is 1.49. The van der Waals surface area contributed by atoms with Crippen molar-refractivity contribution in [1.29, 1.82) is 0 Å². The SMILES string of the molecule is COc1cc(-c2ccc(C3CCc4ccc([C@H](O)[C@H](C)C(=O)O)cc4O3)cc2CN2C(C)COC[C@H]2C)c(F)cn1. The van der Waals surface area contributed by atoms with Gasteiger partial charge in [-0.1, -0.05) is 30.3 Å². The summed E-state index contributed by atoms with van der Waals surface area (Å²) in [5.41, 5.74) is 4.64. The zero-order valence-corrected chi connectivity index (χ0v) is 23.8. The number of carboxylic acids is 1. The minimum atomic E-state index is -1.14. The van der Waals surface area contributed by atoms with Crippen LogP contribution in [0, 0.1) is 11.7 Å². The van der Waals surface area contributed by atoms with Crippen LogP contribution in [0.2, 0.25) is 0 Å². The van der Waals surface area contributed by atoms with Crippen LogP contribution in [0.15, 0.2) is 48.7 Å². The summed E-state index contributed by atoms with van der Waals surface area (Å²) in [5.74, 6) is -1.45. The molecule has 0 aliphatic carbocycles. The van der Waals surface area contributed by atoms with Crippen LogP contribution in [-0.4, -0.2) is 58.5 Å². The molecule has 0 saturated carbocycles. The van der Waals surface area contributed by atoms with Crippen LogP contribution in [0.3, 0.4) is 0 Å². The average molecular weight is 565 g/mol. The zero-order chi connectivity index (χ0) is 29.3. The highest BCUT2D eigenvalue weighted by atomic mass is 19.1. The van der Waals surface area contributed by atoms with Crippen molar-refractivity contribution in [2.24, 2.45) is 5.92 Å². The molecule has 0 spiro atoms. The second-order valence-electron chi connectivity index (χ2n) is 11.1. The second kappa shape index (κ2) is 12.1. The first-order valence-electron chi connectivity index (χ1n) is 14.0. The van der Waals surface area contributed by atoms with Gasteiger partial charge in [-0.2, -0.15) is 0 Å². The quantitative estimate of drug-likeness (QED) is 0.379. The Morgan fingerprint density at radius 2 is 1.90 bits per heavy atom. The first-order valence-corrected chi connectivity index (χ1v) is 14.0. The molecule has 8 nitrogen and oxygen atoms in total. The van der Waals surface area contributed by atoms with Crippen LogP contribution < -0.4 is 9.47 Å². The van der Waals surface area contributed by atoms with E-state index in [0.717, 1.165) is 35.1 Å². The number of aliphatic hydroxyl groups is 1. The molecular weight excluding hydrogens is 527 g/mol. The Bertz CT molecular complexity index is 1400. The lowest BCUT2D eigenvalue weighted by molar-refractivity contribution is -0.145. The molecule has 3 heterocycles. The molecule has 1 fully saturated rings. The number of fused-ring (bicyclic) bond motifs is 1. The number of aliphatic carboxylic acids is 1. The van der Waals surface area contributed by atoms with Crippen molar-refractivity contribution in [2.45, 2.75) is 64.4 Å². The highest BCUT2D eigenvalue weighted by Gasteiger charge is 2.29. The maximum Gasteiger partial charge on any atom is 0.309 e. The fourth-order valence-electron chi connectivity index (χ4n) is 5.72. The molecule has 5 atom stereocenters. The van der Waals surface area contributed by atoms with E-state index >= 15 is 4.39 Å². The van der Waals surface area contributed by atoms with Gasteiger partial charge in [-0.25, -0.2) is 9.37 Å². The smallest absolute Gasteiger partial charge is 0.309 e. The lowest BCUT2D eigenvalue weighted by Crippen LogP contribution is -2.48. The van der Waals surface area contributed by atoms with E-state index in [2.05, 4.69) is 29.8 Å². The highest BCUT2D eigenvalue weighted by Crippen LogP contribution is 2.39. The van der Waals surface area contributed by atoms with Gasteiger partial charge in [0.25, 0.3) is 0 Å². The van der Waals surface area contributed by atoms with Gasteiger partial charge in [0.2, 0.25) is 5.88 Å². The third kappa shape index (κ3) is 6.07. The molecule has 3 aromatic rings. The van der Waals surface area contributed by atoms with E-state index in [0.29, 0.717) is 42.5 Å². The number of benzene rings is 2. The summed E-state index contributed by atoms with van der Waals surface area (Å²) < 4.78 is 32.6. The van der Waals surface area contributed by atoms with Gasteiger partial charge in [0, 0.05) is 30.3 Å². The van der Waals surface area contributed by atoms with E-state index in [1.807, 2.05) is 18.2 Å². The molecule has 9 heteroatoms. The number of carbonyl (C=O) groups is 1. The Hall–Kier alpha value is -3.53. The van der Waals surface area contributed by atoms with Gasteiger partial charge in [-0.05, 0) is 67.5 Å². The number of methoxy groups -OCH3 is 1. The summed E-state index contributed by atoms with van der Waals surface area (Å²) in [6.07, 6.45) is 1.31. The van der Waals surface area contributed by atoms with Crippen LogP contribution in [0.5, 0.6) is 11.6 Å². The van der Waals surface area contributed by atoms with Crippen LogP contribution in [0.1, 0.15) is 61.7 Å². The molecule has 1 saturated heterocycles. The van der Waals surface area contributed by atoms with E-state index in [1.165, 1.54) is 20.2 Å². The number of rotatable bonds is 8. The fraction of sp³-hybridized carbons (Fsp3) is 0.438. The number of morpholine rings is 1. The summed E-state index contributed by atoms with van der Waals surface area (Å²) in [6, 6.07) is 13.4. The van der Waals surface area contributed by atoms with Crippen molar-refractivity contribution in [3.8, 4) is 22.8 Å². The van der Waals surface area contributed by atoms with Crippen molar-refractivity contribution in [3.05, 3.63) is 76.7 Å². The van der Waals surface area contributed by atoms with E-state index in [-0.39, 0.29) is 18.2 Å². The van der Waals surface area contributed by atoms with E-state index in [4.69, 9.17) is 14.2 Å². The van der Waals surface area contributed by atoms with E-state index < -0.39 is 23.8 Å². The Kier molecular flexibility index (Phi) is 8.58. The van der Waals surface area contributed by atoms with Gasteiger partial charge in [0.1, 0.15) is 17.7 Å². The zero-order valence-electron chi connectivity index (χ0n) is 23.8. The maximum absolute atomic E-state index is 15.1. The van der Waals surface area contributed by atoms with Crippen LogP contribution in [0.4, 0.5) is 4.39 Å². The normalized spacial score (nSPS) is 22.3. The Morgan fingerprint density at radius 1 is 1.15 bits per heavy atom. The molecule has 5 rings (SSSR count). The maximum atomic E-state index is 15.1. The van der Waals surface area contributed by atoms with Gasteiger partial charge in [-0.15, -0.1) is 0 Å². The number of aliphatic hydroxyl groups excluding tert-OH is 1. The largest absolute Gasteiger partial charge is 0.485 e. The molecule has 0 amide bonds. The molecule has 41 heavy (non-hydrogen) atoms. The first-order chi connectivity index (χ1) is 19.7. The summed E-state index contributed by atoms with van der Waals surface area (Å²) in [4.78, 5) is 17.8. The third-order valence-electron chi connectivity index (χ3n) is 8.27. The molecule has 218 valence electrons. The lowest BCUT2D eigenvalue weighted by Gasteiger charge is -2.39. The molecule has 2 aliphatic heterocycles. The average Bonchev–Trinajstić information content (AvgIpc) is 2.98. The van der Waals surface area contributed by atoms with Gasteiger partial charge >= 0.3 is 5.97 Å². The number of hydrogen-bond acceptors (Lipinski definition) is 7. The fourth-order valence-corrected chi connectivity index (χ4v) is 5.72. The van der Waals surface area contributed by atoms with E-state index in [1.54, 1.807) is 18.2 Å². The predicted octanol–water partition coefficient (Wildman–Crippen LogP) is 5.33.